The number of hydrogen-bond acceptors (Lipinski definition) is 2. The molecule has 0 aliphatic carbocycles. The number of nitrogen functional groups attached to an aromatic ring is 1. The highest BCUT2D eigenvalue weighted by molar-refractivity contribution is 9.10. The fraction of sp³-hybridized carbons (Fsp3) is 0.143. The predicted octanol–water partition coefficient (Wildman–Crippen LogP) is 3.69. The predicted molar refractivity (Wildman–Crippen MR) is 74.8 cm³/mol. The number of hydrogen-bond donors (Lipinski definition) is 1. The van der Waals surface area contributed by atoms with Crippen LogP contribution in [0.2, 0.25) is 0 Å². The van der Waals surface area contributed by atoms with Crippen LogP contribution in [0, 0.1) is 5.82 Å². The Balaban J connectivity index is 1.99. The third-order valence-corrected chi connectivity index (χ3v) is 3.85. The van der Waals surface area contributed by atoms with E-state index in [2.05, 4.69) is 15.9 Å². The average molecular weight is 307 g/mol. The normalized spacial score (nSPS) is 13.8. The molecule has 0 saturated heterocycles. The van der Waals surface area contributed by atoms with Crippen LogP contribution in [0.1, 0.15) is 11.1 Å². The Morgan fingerprint density at radius 2 is 1.89 bits per heavy atom. The van der Waals surface area contributed by atoms with Gasteiger partial charge in [0.05, 0.1) is 5.69 Å². The minimum absolute atomic E-state index is 0.204. The first-order valence-electron chi connectivity index (χ1n) is 5.71. The zero-order chi connectivity index (χ0) is 12.7. The van der Waals surface area contributed by atoms with Crippen LogP contribution < -0.4 is 10.6 Å². The molecule has 2 nitrogen and oxygen atoms in total. The lowest BCUT2D eigenvalue weighted by molar-refractivity contribution is 0.618. The second kappa shape index (κ2) is 4.28. The average Bonchev–Trinajstić information content (AvgIpc) is 2.71. The zero-order valence-electron chi connectivity index (χ0n) is 9.66. The number of benzene rings is 2. The quantitative estimate of drug-likeness (QED) is 0.814. The monoisotopic (exact) mass is 306 g/mol. The van der Waals surface area contributed by atoms with Gasteiger partial charge in [-0.3, -0.25) is 0 Å². The van der Waals surface area contributed by atoms with Crippen molar-refractivity contribution in [2.75, 3.05) is 10.6 Å². The summed E-state index contributed by atoms with van der Waals surface area (Å²) in [5, 5.41) is 0. The molecule has 0 unspecified atom stereocenters. The first kappa shape index (κ1) is 11.5. The van der Waals surface area contributed by atoms with E-state index in [1.54, 1.807) is 6.07 Å². The fourth-order valence-corrected chi connectivity index (χ4v) is 2.96. The van der Waals surface area contributed by atoms with Gasteiger partial charge in [0.2, 0.25) is 0 Å². The van der Waals surface area contributed by atoms with Gasteiger partial charge in [-0.15, -0.1) is 0 Å². The number of anilines is 2. The van der Waals surface area contributed by atoms with Crippen LogP contribution in [0.25, 0.3) is 0 Å². The highest BCUT2D eigenvalue weighted by Gasteiger charge is 2.23. The first-order chi connectivity index (χ1) is 8.65. The molecule has 0 aromatic heterocycles. The number of halogens is 2. The van der Waals surface area contributed by atoms with Crippen LogP contribution in [-0.2, 0) is 13.1 Å². The van der Waals surface area contributed by atoms with Crippen LogP contribution in [0.15, 0.2) is 40.9 Å². The number of rotatable bonds is 1. The maximum atomic E-state index is 13.9. The van der Waals surface area contributed by atoms with Gasteiger partial charge in [0.1, 0.15) is 5.82 Å². The van der Waals surface area contributed by atoms with Gasteiger partial charge >= 0.3 is 0 Å². The van der Waals surface area contributed by atoms with Crippen LogP contribution in [-0.4, -0.2) is 0 Å². The third-order valence-electron chi connectivity index (χ3n) is 3.21. The van der Waals surface area contributed by atoms with E-state index in [0.29, 0.717) is 12.2 Å². The lowest BCUT2D eigenvalue weighted by atomic mass is 10.1. The number of nitrogens with zero attached hydrogens (tertiary/aromatic N) is 1. The molecule has 0 bridgehead atoms. The van der Waals surface area contributed by atoms with Crippen molar-refractivity contribution in [2.24, 2.45) is 0 Å². The summed E-state index contributed by atoms with van der Waals surface area (Å²) in [7, 11) is 0. The molecule has 0 fully saturated rings. The van der Waals surface area contributed by atoms with E-state index in [4.69, 9.17) is 5.73 Å². The molecule has 4 heteroatoms. The van der Waals surface area contributed by atoms with Gasteiger partial charge in [-0.25, -0.2) is 4.39 Å². The van der Waals surface area contributed by atoms with Gasteiger partial charge < -0.3 is 10.6 Å². The largest absolute Gasteiger partial charge is 0.399 e. The lowest BCUT2D eigenvalue weighted by Crippen LogP contribution is -2.16. The molecule has 2 aromatic carbocycles. The molecular weight excluding hydrogens is 295 g/mol. The molecule has 92 valence electrons. The Kier molecular flexibility index (Phi) is 2.74. The molecule has 1 aliphatic heterocycles. The van der Waals surface area contributed by atoms with E-state index in [0.717, 1.165) is 16.7 Å². The van der Waals surface area contributed by atoms with Gasteiger partial charge in [-0.2, -0.15) is 0 Å². The molecule has 1 heterocycles. The molecule has 0 radical (unpaired) electrons. The smallest absolute Gasteiger partial charge is 0.147 e. The zero-order valence-corrected chi connectivity index (χ0v) is 11.2. The Morgan fingerprint density at radius 1 is 1.11 bits per heavy atom. The number of para-hydroxylation sites is 1. The van der Waals surface area contributed by atoms with Crippen molar-refractivity contribution in [1.29, 1.82) is 0 Å². The second-order valence-corrected chi connectivity index (χ2v) is 5.31. The molecule has 0 amide bonds. The van der Waals surface area contributed by atoms with E-state index in [1.807, 2.05) is 29.2 Å². The summed E-state index contributed by atoms with van der Waals surface area (Å²) in [5.41, 5.74) is 9.52. The molecule has 2 aromatic rings. The summed E-state index contributed by atoms with van der Waals surface area (Å²) in [6, 6.07) is 10.9. The van der Waals surface area contributed by atoms with Gasteiger partial charge in [0.25, 0.3) is 0 Å². The molecule has 2 N–H and O–H groups in total. The molecule has 0 atom stereocenters. The van der Waals surface area contributed by atoms with Crippen molar-refractivity contribution in [1.82, 2.24) is 0 Å². The van der Waals surface area contributed by atoms with Gasteiger partial charge in [-0.1, -0.05) is 12.1 Å². The maximum absolute atomic E-state index is 13.9. The Labute approximate surface area is 113 Å². The van der Waals surface area contributed by atoms with E-state index in [1.165, 1.54) is 17.2 Å². The van der Waals surface area contributed by atoms with E-state index in [9.17, 15) is 4.39 Å². The number of fused-ring (bicyclic) bond motifs is 1. The Hall–Kier alpha value is -1.55. The summed E-state index contributed by atoms with van der Waals surface area (Å²) in [6.07, 6.45) is 0. The van der Waals surface area contributed by atoms with Crippen molar-refractivity contribution in [3.8, 4) is 0 Å². The fourth-order valence-electron chi connectivity index (χ4n) is 2.36. The molecule has 0 spiro atoms. The third kappa shape index (κ3) is 1.86. The molecular formula is C14H12BrFN2. The highest BCUT2D eigenvalue weighted by atomic mass is 79.9. The maximum Gasteiger partial charge on any atom is 0.147 e. The standard InChI is InChI=1S/C14H12BrFN2/c15-12-2-1-3-13(16)14(12)18-7-9-4-5-11(17)6-10(9)8-18/h1-6H,7-8,17H2. The van der Waals surface area contributed by atoms with Crippen molar-refractivity contribution in [3.05, 3.63) is 57.8 Å². The van der Waals surface area contributed by atoms with Crippen LogP contribution >= 0.6 is 15.9 Å². The minimum atomic E-state index is -0.204. The van der Waals surface area contributed by atoms with Crippen molar-refractivity contribution in [3.63, 3.8) is 0 Å². The molecule has 3 rings (SSSR count). The van der Waals surface area contributed by atoms with Crippen LogP contribution in [0.3, 0.4) is 0 Å². The van der Waals surface area contributed by atoms with Crippen molar-refractivity contribution < 1.29 is 4.39 Å². The Morgan fingerprint density at radius 3 is 2.67 bits per heavy atom. The second-order valence-electron chi connectivity index (χ2n) is 4.45. The van der Waals surface area contributed by atoms with Gasteiger partial charge in [-0.05, 0) is 51.3 Å². The number of nitrogens with two attached hydrogens (primary N) is 1. The summed E-state index contributed by atoms with van der Waals surface area (Å²) in [6.45, 7) is 1.41. The SMILES string of the molecule is Nc1ccc2c(c1)CN(c1c(F)cccc1Br)C2. The Bertz CT molecular complexity index is 592. The van der Waals surface area contributed by atoms with Crippen molar-refractivity contribution >= 4 is 27.3 Å². The first-order valence-corrected chi connectivity index (χ1v) is 6.50. The van der Waals surface area contributed by atoms with E-state index < -0.39 is 0 Å². The summed E-state index contributed by atoms with van der Waals surface area (Å²) < 4.78 is 14.7. The molecule has 0 saturated carbocycles. The summed E-state index contributed by atoms with van der Waals surface area (Å²) in [5.74, 6) is -0.204. The van der Waals surface area contributed by atoms with E-state index >= 15 is 0 Å². The summed E-state index contributed by atoms with van der Waals surface area (Å²) in [4.78, 5) is 2.02. The molecule has 18 heavy (non-hydrogen) atoms. The topological polar surface area (TPSA) is 29.3 Å². The van der Waals surface area contributed by atoms with Gasteiger partial charge in [0.15, 0.2) is 0 Å². The summed E-state index contributed by atoms with van der Waals surface area (Å²) >= 11 is 3.41. The highest BCUT2D eigenvalue weighted by Crippen LogP contribution is 2.35. The van der Waals surface area contributed by atoms with Gasteiger partial charge in [0, 0.05) is 23.2 Å². The minimum Gasteiger partial charge on any atom is -0.399 e. The van der Waals surface area contributed by atoms with Crippen LogP contribution in [0.4, 0.5) is 15.8 Å². The lowest BCUT2D eigenvalue weighted by Gasteiger charge is -2.19. The molecule has 1 aliphatic rings. The van der Waals surface area contributed by atoms with Crippen molar-refractivity contribution in [2.45, 2.75) is 13.1 Å². The van der Waals surface area contributed by atoms with Crippen LogP contribution in [0.5, 0.6) is 0 Å². The van der Waals surface area contributed by atoms with E-state index in [-0.39, 0.29) is 5.82 Å².